The number of nitrogens with one attached hydrogen (secondary N) is 1. The van der Waals surface area contributed by atoms with Crippen LogP contribution >= 0.6 is 0 Å². The fraction of sp³-hybridized carbons (Fsp3) is 0.259. The highest BCUT2D eigenvalue weighted by Crippen LogP contribution is 2.32. The second-order valence-corrected chi connectivity index (χ2v) is 8.76. The molecule has 1 amide bonds. The van der Waals surface area contributed by atoms with Gasteiger partial charge in [0.25, 0.3) is 5.91 Å². The number of rotatable bonds is 5. The van der Waals surface area contributed by atoms with Crippen LogP contribution in [0.25, 0.3) is 10.9 Å². The van der Waals surface area contributed by atoms with E-state index in [4.69, 9.17) is 9.40 Å². The minimum atomic E-state index is -4.38. The van der Waals surface area contributed by atoms with Gasteiger partial charge in [0.15, 0.2) is 0 Å². The first kappa shape index (κ1) is 23.7. The molecule has 1 saturated heterocycles. The standard InChI is InChI=1S/C27H25F3N4O2/c1-18-9-10-21(36-18)17-31-26(35)23-16-25(32-24-8-3-2-7-22(23)24)34-13-11-33(12-14-34)20-6-4-5-19(15-20)27(28,29)30/h2-10,15-16H,11-14,17H2,1H3,(H,31,35). The SMILES string of the molecule is Cc1ccc(CNC(=O)c2cc(N3CCN(c4cccc(C(F)(F)F)c4)CC3)nc3ccccc23)o1. The number of anilines is 2. The minimum Gasteiger partial charge on any atom is -0.465 e. The van der Waals surface area contributed by atoms with Crippen molar-refractivity contribution in [2.45, 2.75) is 19.6 Å². The average molecular weight is 495 g/mol. The van der Waals surface area contributed by atoms with Crippen LogP contribution in [0.1, 0.15) is 27.4 Å². The van der Waals surface area contributed by atoms with Crippen LogP contribution in [-0.2, 0) is 12.7 Å². The zero-order chi connectivity index (χ0) is 25.3. The second kappa shape index (κ2) is 9.56. The van der Waals surface area contributed by atoms with Gasteiger partial charge in [0.05, 0.1) is 23.2 Å². The Hall–Kier alpha value is -4.01. The van der Waals surface area contributed by atoms with Gasteiger partial charge in [-0.3, -0.25) is 4.79 Å². The summed E-state index contributed by atoms with van der Waals surface area (Å²) < 4.78 is 44.9. The number of pyridine rings is 1. The summed E-state index contributed by atoms with van der Waals surface area (Å²) in [5.41, 5.74) is 1.11. The fourth-order valence-electron chi connectivity index (χ4n) is 4.43. The number of aromatic nitrogens is 1. The van der Waals surface area contributed by atoms with Crippen LogP contribution in [0.4, 0.5) is 24.7 Å². The van der Waals surface area contributed by atoms with Crippen molar-refractivity contribution in [1.29, 1.82) is 0 Å². The predicted molar refractivity (Wildman–Crippen MR) is 132 cm³/mol. The number of alkyl halides is 3. The molecule has 6 nitrogen and oxygen atoms in total. The molecule has 1 aliphatic rings. The first-order valence-electron chi connectivity index (χ1n) is 11.7. The Labute approximate surface area is 206 Å². The Bertz CT molecular complexity index is 1390. The molecule has 2 aromatic heterocycles. The Kier molecular flexibility index (Phi) is 6.30. The third-order valence-corrected chi connectivity index (χ3v) is 6.31. The Balaban J connectivity index is 1.34. The molecule has 9 heteroatoms. The van der Waals surface area contributed by atoms with Crippen LogP contribution < -0.4 is 15.1 Å². The van der Waals surface area contributed by atoms with Gasteiger partial charge in [-0.1, -0.05) is 24.3 Å². The third-order valence-electron chi connectivity index (χ3n) is 6.31. The molecule has 0 unspecified atom stereocenters. The molecule has 3 heterocycles. The molecular weight excluding hydrogens is 469 g/mol. The smallest absolute Gasteiger partial charge is 0.416 e. The van der Waals surface area contributed by atoms with Crippen molar-refractivity contribution in [2.75, 3.05) is 36.0 Å². The molecule has 36 heavy (non-hydrogen) atoms. The topological polar surface area (TPSA) is 61.6 Å². The molecule has 0 saturated carbocycles. The summed E-state index contributed by atoms with van der Waals surface area (Å²) in [6, 6.07) is 18.3. The minimum absolute atomic E-state index is 0.230. The van der Waals surface area contributed by atoms with Crippen LogP contribution in [0.3, 0.4) is 0 Å². The number of aryl methyl sites for hydroxylation is 1. The molecule has 186 valence electrons. The number of amides is 1. The molecule has 0 spiro atoms. The van der Waals surface area contributed by atoms with Gasteiger partial charge >= 0.3 is 6.18 Å². The van der Waals surface area contributed by atoms with Gasteiger partial charge in [-0.05, 0) is 49.4 Å². The molecule has 0 atom stereocenters. The molecule has 2 aromatic carbocycles. The van der Waals surface area contributed by atoms with E-state index in [2.05, 4.69) is 10.2 Å². The first-order valence-corrected chi connectivity index (χ1v) is 11.7. The molecule has 0 bridgehead atoms. The zero-order valence-corrected chi connectivity index (χ0v) is 19.7. The van der Waals surface area contributed by atoms with Crippen LogP contribution in [-0.4, -0.2) is 37.1 Å². The van der Waals surface area contributed by atoms with Gasteiger partial charge in [0.2, 0.25) is 0 Å². The van der Waals surface area contributed by atoms with Gasteiger partial charge in [-0.15, -0.1) is 0 Å². The van der Waals surface area contributed by atoms with E-state index in [0.29, 0.717) is 54.5 Å². The lowest BCUT2D eigenvalue weighted by molar-refractivity contribution is -0.137. The van der Waals surface area contributed by atoms with Crippen molar-refractivity contribution in [3.63, 3.8) is 0 Å². The predicted octanol–water partition coefficient (Wildman–Crippen LogP) is 5.41. The van der Waals surface area contributed by atoms with Crippen molar-refractivity contribution in [1.82, 2.24) is 10.3 Å². The summed E-state index contributed by atoms with van der Waals surface area (Å²) in [7, 11) is 0. The van der Waals surface area contributed by atoms with Gasteiger partial charge in [-0.25, -0.2) is 4.98 Å². The highest BCUT2D eigenvalue weighted by Gasteiger charge is 2.31. The lowest BCUT2D eigenvalue weighted by Gasteiger charge is -2.37. The summed E-state index contributed by atoms with van der Waals surface area (Å²) >= 11 is 0. The Morgan fingerprint density at radius 1 is 0.972 bits per heavy atom. The van der Waals surface area contributed by atoms with E-state index in [-0.39, 0.29) is 12.5 Å². The van der Waals surface area contributed by atoms with Crippen molar-refractivity contribution in [2.24, 2.45) is 0 Å². The van der Waals surface area contributed by atoms with Gasteiger partial charge < -0.3 is 19.5 Å². The average Bonchev–Trinajstić information content (AvgIpc) is 3.31. The summed E-state index contributed by atoms with van der Waals surface area (Å²) in [4.78, 5) is 21.9. The lowest BCUT2D eigenvalue weighted by atomic mass is 10.1. The largest absolute Gasteiger partial charge is 0.465 e. The van der Waals surface area contributed by atoms with E-state index in [1.807, 2.05) is 48.2 Å². The second-order valence-electron chi connectivity index (χ2n) is 8.76. The zero-order valence-electron chi connectivity index (χ0n) is 19.7. The van der Waals surface area contributed by atoms with E-state index < -0.39 is 11.7 Å². The number of piperazine rings is 1. The summed E-state index contributed by atoms with van der Waals surface area (Å²) in [6.07, 6.45) is -4.38. The number of hydrogen-bond donors (Lipinski definition) is 1. The normalized spacial score (nSPS) is 14.3. The van der Waals surface area contributed by atoms with Gasteiger partial charge in [-0.2, -0.15) is 13.2 Å². The molecule has 1 aliphatic heterocycles. The number of carbonyl (C=O) groups excluding carboxylic acids is 1. The number of nitrogens with zero attached hydrogens (tertiary/aromatic N) is 3. The van der Waals surface area contributed by atoms with Crippen LogP contribution in [0, 0.1) is 6.92 Å². The van der Waals surface area contributed by atoms with Crippen LogP contribution in [0.5, 0.6) is 0 Å². The highest BCUT2D eigenvalue weighted by atomic mass is 19.4. The summed E-state index contributed by atoms with van der Waals surface area (Å²) in [5, 5.41) is 3.66. The van der Waals surface area contributed by atoms with Gasteiger partial charge in [0.1, 0.15) is 17.3 Å². The molecule has 4 aromatic rings. The van der Waals surface area contributed by atoms with E-state index in [0.717, 1.165) is 17.2 Å². The highest BCUT2D eigenvalue weighted by molar-refractivity contribution is 6.07. The third kappa shape index (κ3) is 5.00. The maximum atomic E-state index is 13.1. The van der Waals surface area contributed by atoms with Crippen LogP contribution in [0.15, 0.2) is 71.1 Å². The Morgan fingerprint density at radius 2 is 1.72 bits per heavy atom. The van der Waals surface area contributed by atoms with Crippen molar-refractivity contribution in [3.8, 4) is 0 Å². The van der Waals surface area contributed by atoms with Crippen molar-refractivity contribution < 1.29 is 22.4 Å². The molecule has 1 fully saturated rings. The maximum Gasteiger partial charge on any atom is 0.416 e. The van der Waals surface area contributed by atoms with E-state index >= 15 is 0 Å². The van der Waals surface area contributed by atoms with Crippen molar-refractivity contribution in [3.05, 3.63) is 89.4 Å². The molecule has 0 radical (unpaired) electrons. The summed E-state index contributed by atoms with van der Waals surface area (Å²) in [5.74, 6) is 1.88. The van der Waals surface area contributed by atoms with E-state index in [1.165, 1.54) is 12.1 Å². The number of benzene rings is 2. The monoisotopic (exact) mass is 494 g/mol. The lowest BCUT2D eigenvalue weighted by Crippen LogP contribution is -2.47. The summed E-state index contributed by atoms with van der Waals surface area (Å²) in [6.45, 7) is 4.32. The quantitative estimate of drug-likeness (QED) is 0.402. The first-order chi connectivity index (χ1) is 17.3. The van der Waals surface area contributed by atoms with Gasteiger partial charge in [0, 0.05) is 37.3 Å². The number of fused-ring (bicyclic) bond motifs is 1. The van der Waals surface area contributed by atoms with Crippen LogP contribution in [0.2, 0.25) is 0 Å². The maximum absolute atomic E-state index is 13.1. The number of para-hydroxylation sites is 1. The molecular formula is C27H25F3N4O2. The van der Waals surface area contributed by atoms with E-state index in [1.54, 1.807) is 12.1 Å². The number of halogens is 3. The number of carbonyl (C=O) groups is 1. The number of hydrogen-bond acceptors (Lipinski definition) is 5. The molecule has 0 aliphatic carbocycles. The Morgan fingerprint density at radius 3 is 2.44 bits per heavy atom. The van der Waals surface area contributed by atoms with Crippen molar-refractivity contribution >= 4 is 28.3 Å². The number of furan rings is 1. The molecule has 5 rings (SSSR count). The fourth-order valence-corrected chi connectivity index (χ4v) is 4.43. The molecule has 1 N–H and O–H groups in total. The van der Waals surface area contributed by atoms with E-state index in [9.17, 15) is 18.0 Å².